The van der Waals surface area contributed by atoms with Gasteiger partial charge in [-0.2, -0.15) is 55.2 Å². The number of nitro benzene ring substituents is 1. The van der Waals surface area contributed by atoms with Gasteiger partial charge in [-0.05, 0) is 79.2 Å². The van der Waals surface area contributed by atoms with E-state index in [9.17, 15) is 103 Å². The van der Waals surface area contributed by atoms with Crippen LogP contribution in [0.25, 0.3) is 27.2 Å². The number of fused-ring (bicyclic) bond motifs is 2. The van der Waals surface area contributed by atoms with Gasteiger partial charge >= 0.3 is 5.69 Å². The number of azo groups is 4. The van der Waals surface area contributed by atoms with Crippen LogP contribution in [0.1, 0.15) is 6.42 Å². The first kappa shape index (κ1) is 66.2. The van der Waals surface area contributed by atoms with Crippen molar-refractivity contribution in [2.24, 2.45) is 40.9 Å². The maximum absolute atomic E-state index is 13.2. The van der Waals surface area contributed by atoms with Crippen LogP contribution in [0.3, 0.4) is 0 Å². The average Bonchev–Trinajstić information content (AvgIpc) is 0.916. The van der Waals surface area contributed by atoms with Gasteiger partial charge in [-0.15, -0.1) is 46.0 Å². The van der Waals surface area contributed by atoms with Crippen LogP contribution in [0.2, 0.25) is 5.02 Å². The quantitative estimate of drug-likeness (QED) is 0.00577. The first-order valence-corrected chi connectivity index (χ1v) is 32.7. The molecule has 0 saturated heterocycles. The molecule has 0 aliphatic rings. The molecule has 0 bridgehead atoms. The van der Waals surface area contributed by atoms with Crippen LogP contribution in [0.15, 0.2) is 156 Å². The molecule has 38 nitrogen and oxygen atoms in total. The minimum Gasteiger partial charge on any atom is -0.505 e. The minimum atomic E-state index is -5.72. The normalized spacial score (nSPS) is 13.0. The van der Waals surface area contributed by atoms with Gasteiger partial charge in [-0.25, -0.2) is 0 Å². The van der Waals surface area contributed by atoms with Gasteiger partial charge in [0.25, 0.3) is 73.1 Å². The summed E-state index contributed by atoms with van der Waals surface area (Å²) in [6, 6.07) is 12.5. The lowest BCUT2D eigenvalue weighted by atomic mass is 10.1. The number of phenolic OH excluding ortho intramolecular Hbond substituents is 2. The molecule has 0 aliphatic heterocycles. The molecule has 45 heteroatoms. The van der Waals surface area contributed by atoms with Crippen LogP contribution in [-0.4, -0.2) is 127 Å². The van der Waals surface area contributed by atoms with Crippen LogP contribution in [0.4, 0.5) is 56.9 Å². The van der Waals surface area contributed by atoms with E-state index in [0.717, 1.165) is 60.7 Å². The topological polar surface area (TPSA) is 608 Å². The molecule has 472 valence electrons. The highest BCUT2D eigenvalue weighted by atomic mass is 35.5. The predicted octanol–water partition coefficient (Wildman–Crippen LogP) is 8.53. The van der Waals surface area contributed by atoms with Gasteiger partial charge in [0.05, 0.1) is 44.0 Å². The maximum Gasteiger partial charge on any atom is 0.313 e. The van der Waals surface area contributed by atoms with Crippen LogP contribution < -0.4 is 15.2 Å². The number of carbonyl (C=O) groups excluding carboxylic acids is 1. The molecule has 11 N–H and O–H groups in total. The lowest BCUT2D eigenvalue weighted by molar-refractivity contribution is -0.385. The Morgan fingerprint density at radius 1 is 0.589 bits per heavy atom. The number of carbonyl (C=O) groups is 1. The SMILES string of the molecule is Nc1c(N=Nc2ccc3c(O)c(N=Nc4cc(N=Nc5c(OC=O)nn(-c6ccc(S(=O)(=O)O)cc6)c5O)c(S(=O)(=O)O)cc4Cl)c(S(=O)(=O)O)cc3c2S(=O)(=O)O)cc(S(=O)(=O)O)c2ccc(N=Nc3cccc([N+](=O)[O-])c3OCCCS(=O)(=O)O)c(O)c12. The number of nitro groups is 1. The summed E-state index contributed by atoms with van der Waals surface area (Å²) in [5, 5.41) is 75.8. The zero-order chi connectivity index (χ0) is 66.4. The fourth-order valence-corrected chi connectivity index (χ4v) is 12.1. The van der Waals surface area contributed by atoms with E-state index >= 15 is 0 Å². The van der Waals surface area contributed by atoms with E-state index in [0.29, 0.717) is 35.0 Å². The highest BCUT2D eigenvalue weighted by Crippen LogP contribution is 2.50. The van der Waals surface area contributed by atoms with E-state index < -0.39 is 209 Å². The van der Waals surface area contributed by atoms with Crippen LogP contribution in [0, 0.1) is 10.1 Å². The molecule has 0 fully saturated rings. The molecule has 0 atom stereocenters. The summed E-state index contributed by atoms with van der Waals surface area (Å²) in [5.41, 5.74) is -1.65. The van der Waals surface area contributed by atoms with Crippen LogP contribution in [-0.2, 0) is 65.5 Å². The third kappa shape index (κ3) is 14.2. The monoisotopic (exact) mass is 1380 g/mol. The van der Waals surface area contributed by atoms with Crippen LogP contribution >= 0.6 is 11.6 Å². The molecule has 1 heterocycles. The molecule has 8 aromatic rings. The number of aromatic hydroxyl groups is 3. The highest BCUT2D eigenvalue weighted by molar-refractivity contribution is 7.87. The Hall–Kier alpha value is -9.71. The van der Waals surface area contributed by atoms with Gasteiger partial charge in [0, 0.05) is 22.2 Å². The highest BCUT2D eigenvalue weighted by Gasteiger charge is 2.30. The van der Waals surface area contributed by atoms with Gasteiger partial charge in [-0.3, -0.25) is 42.2 Å². The zero-order valence-corrected chi connectivity index (χ0v) is 49.3. The molecule has 90 heavy (non-hydrogen) atoms. The van der Waals surface area contributed by atoms with Gasteiger partial charge in [0.2, 0.25) is 17.3 Å². The molecule has 7 aromatic carbocycles. The second kappa shape index (κ2) is 24.7. The number of ether oxygens (including phenoxy) is 2. The fourth-order valence-electron chi connectivity index (χ4n) is 8.02. The van der Waals surface area contributed by atoms with E-state index in [-0.39, 0.29) is 24.3 Å². The molecule has 1 aromatic heterocycles. The van der Waals surface area contributed by atoms with Crippen molar-refractivity contribution in [2.45, 2.75) is 30.9 Å². The molecule has 0 amide bonds. The summed E-state index contributed by atoms with van der Waals surface area (Å²) < 4.78 is 219. The third-order valence-electron chi connectivity index (χ3n) is 11.9. The molecular weight excluding hydrogens is 1350 g/mol. The number of anilines is 1. The Kier molecular flexibility index (Phi) is 18.2. The minimum absolute atomic E-state index is 0.150. The molecule has 0 saturated carbocycles. The van der Waals surface area contributed by atoms with Crippen molar-refractivity contribution in [3.63, 3.8) is 0 Å². The molecule has 0 radical (unpaired) electrons. The number of nitrogens with zero attached hydrogens (tertiary/aromatic N) is 11. The Morgan fingerprint density at radius 2 is 1.17 bits per heavy atom. The number of halogens is 1. The number of rotatable bonds is 22. The summed E-state index contributed by atoms with van der Waals surface area (Å²) in [6.45, 7) is -0.693. The summed E-state index contributed by atoms with van der Waals surface area (Å²) in [6.07, 6.45) is -0.345. The number of aromatic nitrogens is 2. The van der Waals surface area contributed by atoms with E-state index in [1.807, 2.05) is 0 Å². The van der Waals surface area contributed by atoms with Gasteiger partial charge in [0.15, 0.2) is 11.5 Å². The zero-order valence-electron chi connectivity index (χ0n) is 43.6. The molecular formula is C45H33ClN12O26S6. The van der Waals surface area contributed by atoms with Crippen molar-refractivity contribution < 1.29 is 112 Å². The second-order valence-electron chi connectivity index (χ2n) is 17.7. The van der Waals surface area contributed by atoms with E-state index in [1.54, 1.807) is 0 Å². The molecule has 0 spiro atoms. The number of phenols is 2. The summed E-state index contributed by atoms with van der Waals surface area (Å²) in [5.74, 6) is -5.53. The van der Waals surface area contributed by atoms with Crippen molar-refractivity contribution in [3.05, 3.63) is 106 Å². The first-order valence-electron chi connectivity index (χ1n) is 23.5. The summed E-state index contributed by atoms with van der Waals surface area (Å²) >= 11 is 6.26. The van der Waals surface area contributed by atoms with Gasteiger partial charge in [0.1, 0.15) is 59.4 Å². The predicted molar refractivity (Wildman–Crippen MR) is 304 cm³/mol. The Balaban J connectivity index is 1.20. The van der Waals surface area contributed by atoms with Crippen molar-refractivity contribution in [3.8, 4) is 34.7 Å². The average molecular weight is 1390 g/mol. The number of hydrogen-bond donors (Lipinski definition) is 10. The number of hydrogen-bond acceptors (Lipinski definition) is 30. The molecule has 0 aliphatic carbocycles. The van der Waals surface area contributed by atoms with E-state index in [1.165, 1.54) is 0 Å². The molecule has 8 rings (SSSR count). The number of nitrogen functional groups attached to an aromatic ring is 1. The van der Waals surface area contributed by atoms with Gasteiger partial charge in [-0.1, -0.05) is 23.7 Å². The van der Waals surface area contributed by atoms with Gasteiger partial charge < -0.3 is 30.5 Å². The lowest BCUT2D eigenvalue weighted by Crippen LogP contribution is -2.09. The maximum atomic E-state index is 13.2. The van der Waals surface area contributed by atoms with Crippen LogP contribution in [0.5, 0.6) is 29.0 Å². The number of benzene rings is 7. The number of para-hydroxylation sites is 1. The van der Waals surface area contributed by atoms with E-state index in [4.69, 9.17) is 31.4 Å². The standard InChI is InChI=1S/C45H33ClN12O26S6/c46-25-16-34(88(74,75)76)30(52-55-39-44(84-19-59)56-57(45(39)62)20-5-7-21(8-6-20)86(68,69)70)17-29(25)51-54-38-35(89(77,78)79)15-24-22(40(38)60)9-12-28(43(24)90(80,81)82)50-53-31-18-33(87(71,72)73)23-10-11-26(41(61)36(23)37(31)47)48-49-27-3-1-4-32(58(63)64)42(27)83-13-2-14-85(65,66)67/h1,3-12,15-19,60-62H,2,13-14,47H2,(H,65,66,67)(H,68,69,70)(H,71,72,73)(H,74,75,76)(H,77,78,79)(H,80,81,82). The second-order valence-corrected chi connectivity index (χ2v) is 26.6. The molecule has 0 unspecified atom stereocenters. The largest absolute Gasteiger partial charge is 0.505 e. The lowest BCUT2D eigenvalue weighted by Gasteiger charge is -2.13. The smallest absolute Gasteiger partial charge is 0.313 e. The first-order chi connectivity index (χ1) is 41.8. The van der Waals surface area contributed by atoms with Crippen molar-refractivity contribution >= 4 is 157 Å². The summed E-state index contributed by atoms with van der Waals surface area (Å²) in [4.78, 5) is 16.6. The Bertz CT molecular complexity index is 5230. The van der Waals surface area contributed by atoms with Crippen molar-refractivity contribution in [1.29, 1.82) is 0 Å². The Labute approximate surface area is 507 Å². The fraction of sp³-hybridized carbons (Fsp3) is 0.0667. The summed E-state index contributed by atoms with van der Waals surface area (Å²) in [7, 11) is -31.3. The van der Waals surface area contributed by atoms with Crippen molar-refractivity contribution in [2.75, 3.05) is 18.1 Å². The van der Waals surface area contributed by atoms with Crippen molar-refractivity contribution in [1.82, 2.24) is 9.78 Å². The Morgan fingerprint density at radius 3 is 1.77 bits per heavy atom. The third-order valence-corrected chi connectivity index (χ3v) is 17.4. The van der Waals surface area contributed by atoms with E-state index in [2.05, 4.69) is 46.0 Å². The number of nitrogens with two attached hydrogens (primary N) is 1.